The number of carbonyl (C=O) groups is 1. The number of nitrogens with one attached hydrogen (secondary N) is 1. The molecular formula is C19H28N2O3. The number of benzene rings is 1. The van der Waals surface area contributed by atoms with Gasteiger partial charge in [-0.2, -0.15) is 0 Å². The van der Waals surface area contributed by atoms with Crippen LogP contribution in [0.1, 0.15) is 39.2 Å². The van der Waals surface area contributed by atoms with E-state index >= 15 is 0 Å². The van der Waals surface area contributed by atoms with Crippen molar-refractivity contribution >= 4 is 5.91 Å². The lowest BCUT2D eigenvalue weighted by Gasteiger charge is -2.45. The average Bonchev–Trinajstić information content (AvgIpc) is 2.88. The summed E-state index contributed by atoms with van der Waals surface area (Å²) < 4.78 is 12.2. The van der Waals surface area contributed by atoms with Crippen LogP contribution in [0.15, 0.2) is 30.3 Å². The van der Waals surface area contributed by atoms with Crippen LogP contribution in [0.4, 0.5) is 0 Å². The van der Waals surface area contributed by atoms with E-state index in [1.807, 2.05) is 32.0 Å². The first-order valence-electron chi connectivity index (χ1n) is 8.82. The Bertz CT molecular complexity index is 575. The van der Waals surface area contributed by atoms with Crippen LogP contribution >= 0.6 is 0 Å². The first kappa shape index (κ1) is 17.4. The van der Waals surface area contributed by atoms with E-state index in [0.29, 0.717) is 6.04 Å². The van der Waals surface area contributed by atoms with Gasteiger partial charge in [0.1, 0.15) is 12.1 Å². The number of rotatable bonds is 4. The lowest BCUT2D eigenvalue weighted by atomic mass is 9.88. The van der Waals surface area contributed by atoms with E-state index in [4.69, 9.17) is 9.47 Å². The van der Waals surface area contributed by atoms with Crippen LogP contribution in [0, 0.1) is 0 Å². The summed E-state index contributed by atoms with van der Waals surface area (Å²) in [5.41, 5.74) is 1.21. The molecule has 1 aromatic rings. The molecule has 0 unspecified atom stereocenters. The van der Waals surface area contributed by atoms with Crippen LogP contribution in [0.5, 0.6) is 0 Å². The zero-order chi connectivity index (χ0) is 17.3. The molecule has 4 atom stereocenters. The average molecular weight is 332 g/mol. The van der Waals surface area contributed by atoms with E-state index in [-0.39, 0.29) is 24.2 Å². The van der Waals surface area contributed by atoms with Gasteiger partial charge in [-0.1, -0.05) is 37.3 Å². The van der Waals surface area contributed by atoms with E-state index in [9.17, 15) is 4.79 Å². The minimum atomic E-state index is -0.636. The maximum absolute atomic E-state index is 12.7. The van der Waals surface area contributed by atoms with E-state index in [1.165, 1.54) is 5.56 Å². The third-order valence-electron chi connectivity index (χ3n) is 5.06. The number of likely N-dealkylation sites (N-methyl/N-ethyl adjacent to an activating group) is 1. The molecule has 2 saturated heterocycles. The minimum absolute atomic E-state index is 0.000353. The summed E-state index contributed by atoms with van der Waals surface area (Å²) in [6.07, 6.45) is 1.61. The van der Waals surface area contributed by atoms with Gasteiger partial charge in [0.2, 0.25) is 5.91 Å². The van der Waals surface area contributed by atoms with Crippen LogP contribution < -0.4 is 5.32 Å². The number of fused-ring (bicyclic) bond motifs is 1. The molecule has 0 bridgehead atoms. The largest absolute Gasteiger partial charge is 0.358 e. The summed E-state index contributed by atoms with van der Waals surface area (Å²) in [6, 6.07) is 10.3. The molecule has 2 aliphatic heterocycles. The van der Waals surface area contributed by atoms with Gasteiger partial charge >= 0.3 is 0 Å². The van der Waals surface area contributed by atoms with Crippen LogP contribution in [0.3, 0.4) is 0 Å². The van der Waals surface area contributed by atoms with Crippen molar-refractivity contribution in [2.45, 2.75) is 70.2 Å². The fraction of sp³-hybridized carbons (Fsp3) is 0.632. The number of piperidine rings is 1. The number of amides is 1. The monoisotopic (exact) mass is 332 g/mol. The topological polar surface area (TPSA) is 50.8 Å². The number of hydrogen-bond acceptors (Lipinski definition) is 4. The van der Waals surface area contributed by atoms with Crippen molar-refractivity contribution in [2.75, 3.05) is 7.05 Å². The molecule has 0 aromatic heterocycles. The Morgan fingerprint density at radius 1 is 1.29 bits per heavy atom. The highest BCUT2D eigenvalue weighted by Gasteiger charge is 2.54. The predicted molar refractivity (Wildman–Crippen MR) is 92.4 cm³/mol. The zero-order valence-electron chi connectivity index (χ0n) is 15.0. The van der Waals surface area contributed by atoms with Gasteiger partial charge in [0.15, 0.2) is 5.79 Å². The van der Waals surface area contributed by atoms with Gasteiger partial charge in [-0.05, 0) is 32.3 Å². The number of carbonyl (C=O) groups excluding carboxylic acids is 1. The summed E-state index contributed by atoms with van der Waals surface area (Å²) in [7, 11) is 1.69. The van der Waals surface area contributed by atoms with Crippen LogP contribution in [-0.2, 0) is 20.8 Å². The zero-order valence-corrected chi connectivity index (χ0v) is 15.0. The van der Waals surface area contributed by atoms with Gasteiger partial charge in [-0.15, -0.1) is 0 Å². The minimum Gasteiger partial charge on any atom is -0.358 e. The van der Waals surface area contributed by atoms with Crippen molar-refractivity contribution in [1.82, 2.24) is 10.2 Å². The SMILES string of the molecule is CC[C@@H]1C[C@@H]2OC(C)(C)O[C@@H]2[C@@H](C(=O)NC)N1Cc1ccccc1. The summed E-state index contributed by atoms with van der Waals surface area (Å²) in [4.78, 5) is 15.0. The highest BCUT2D eigenvalue weighted by atomic mass is 16.8. The Kier molecular flexibility index (Phi) is 4.95. The molecule has 0 radical (unpaired) electrons. The second kappa shape index (κ2) is 6.82. The third kappa shape index (κ3) is 3.34. The summed E-state index contributed by atoms with van der Waals surface area (Å²) in [5, 5.41) is 2.82. The number of ether oxygens (including phenoxy) is 2. The third-order valence-corrected chi connectivity index (χ3v) is 5.06. The summed E-state index contributed by atoms with van der Waals surface area (Å²) in [6.45, 7) is 6.76. The maximum Gasteiger partial charge on any atom is 0.239 e. The summed E-state index contributed by atoms with van der Waals surface area (Å²) >= 11 is 0. The van der Waals surface area contributed by atoms with Crippen LogP contribution in [0.25, 0.3) is 0 Å². The Hall–Kier alpha value is -1.43. The Morgan fingerprint density at radius 3 is 2.62 bits per heavy atom. The van der Waals surface area contributed by atoms with Crippen LogP contribution in [-0.4, -0.2) is 47.9 Å². The molecule has 1 N–H and O–H groups in total. The van der Waals surface area contributed by atoms with Gasteiger partial charge in [-0.3, -0.25) is 9.69 Å². The number of hydrogen-bond donors (Lipinski definition) is 1. The molecule has 3 rings (SSSR count). The highest BCUT2D eigenvalue weighted by Crippen LogP contribution is 2.39. The van der Waals surface area contributed by atoms with E-state index < -0.39 is 5.79 Å². The van der Waals surface area contributed by atoms with Crippen molar-refractivity contribution < 1.29 is 14.3 Å². The van der Waals surface area contributed by atoms with Gasteiger partial charge in [0, 0.05) is 19.6 Å². The molecule has 24 heavy (non-hydrogen) atoms. The molecule has 2 aliphatic rings. The van der Waals surface area contributed by atoms with Crippen molar-refractivity contribution in [3.63, 3.8) is 0 Å². The van der Waals surface area contributed by atoms with Gasteiger partial charge in [-0.25, -0.2) is 0 Å². The normalized spacial score (nSPS) is 32.3. The van der Waals surface area contributed by atoms with Crippen molar-refractivity contribution in [3.8, 4) is 0 Å². The first-order chi connectivity index (χ1) is 11.4. The molecule has 0 aliphatic carbocycles. The molecule has 132 valence electrons. The van der Waals surface area contributed by atoms with Gasteiger partial charge in [0.05, 0.1) is 6.10 Å². The quantitative estimate of drug-likeness (QED) is 0.919. The molecule has 1 aromatic carbocycles. The lowest BCUT2D eigenvalue weighted by molar-refractivity contribution is -0.153. The van der Waals surface area contributed by atoms with E-state index in [2.05, 4.69) is 29.3 Å². The van der Waals surface area contributed by atoms with Crippen LogP contribution in [0.2, 0.25) is 0 Å². The standard InChI is InChI=1S/C19H28N2O3/c1-5-14-11-15-17(24-19(2,3)23-15)16(18(22)20-4)21(14)12-13-9-7-6-8-10-13/h6-10,14-17H,5,11-12H2,1-4H3,(H,20,22)/t14-,15+,16+,17+/m1/s1. The lowest BCUT2D eigenvalue weighted by Crippen LogP contribution is -2.62. The smallest absolute Gasteiger partial charge is 0.239 e. The predicted octanol–water partition coefficient (Wildman–Crippen LogP) is 2.31. The van der Waals surface area contributed by atoms with Crippen molar-refractivity contribution in [2.24, 2.45) is 0 Å². The molecule has 0 spiro atoms. The maximum atomic E-state index is 12.7. The molecule has 1 amide bonds. The first-order valence-corrected chi connectivity index (χ1v) is 8.82. The molecule has 2 fully saturated rings. The Morgan fingerprint density at radius 2 is 2.00 bits per heavy atom. The van der Waals surface area contributed by atoms with Gasteiger partial charge < -0.3 is 14.8 Å². The van der Waals surface area contributed by atoms with E-state index in [1.54, 1.807) is 7.05 Å². The molecular weight excluding hydrogens is 304 g/mol. The molecule has 5 nitrogen and oxygen atoms in total. The fourth-order valence-corrected chi connectivity index (χ4v) is 4.00. The van der Waals surface area contributed by atoms with Crippen molar-refractivity contribution in [1.29, 1.82) is 0 Å². The molecule has 5 heteroatoms. The van der Waals surface area contributed by atoms with Crippen molar-refractivity contribution in [3.05, 3.63) is 35.9 Å². The van der Waals surface area contributed by atoms with Gasteiger partial charge in [0.25, 0.3) is 0 Å². The Balaban J connectivity index is 1.92. The number of nitrogens with zero attached hydrogens (tertiary/aromatic N) is 1. The number of likely N-dealkylation sites (tertiary alicyclic amines) is 1. The second-order valence-electron chi connectivity index (χ2n) is 7.15. The Labute approximate surface area is 144 Å². The molecule has 2 heterocycles. The van der Waals surface area contributed by atoms with E-state index in [0.717, 1.165) is 19.4 Å². The summed E-state index contributed by atoms with van der Waals surface area (Å²) in [5.74, 6) is -0.636. The fourth-order valence-electron chi connectivity index (χ4n) is 4.00. The highest BCUT2D eigenvalue weighted by molar-refractivity contribution is 5.82. The second-order valence-corrected chi connectivity index (χ2v) is 7.15. The molecule has 0 saturated carbocycles.